The molecule has 0 spiro atoms. The van der Waals surface area contributed by atoms with E-state index in [0.29, 0.717) is 12.0 Å². The van der Waals surface area contributed by atoms with Crippen molar-refractivity contribution >= 4 is 0 Å². The monoisotopic (exact) mass is 299 g/mol. The third-order valence-corrected chi connectivity index (χ3v) is 4.31. The average molecular weight is 299 g/mol. The summed E-state index contributed by atoms with van der Waals surface area (Å²) >= 11 is 0. The summed E-state index contributed by atoms with van der Waals surface area (Å²) in [6.07, 6.45) is 5.10. The number of aromatic nitrogens is 4. The summed E-state index contributed by atoms with van der Waals surface area (Å²) in [5.41, 5.74) is 2.13. The van der Waals surface area contributed by atoms with Gasteiger partial charge in [0.15, 0.2) is 0 Å². The minimum atomic E-state index is 0.445. The van der Waals surface area contributed by atoms with Crippen LogP contribution in [-0.4, -0.2) is 37.5 Å². The predicted molar refractivity (Wildman–Crippen MR) is 86.8 cm³/mol. The Morgan fingerprint density at radius 2 is 1.95 bits per heavy atom. The first-order chi connectivity index (χ1) is 10.5. The molecule has 1 atom stereocenters. The fourth-order valence-corrected chi connectivity index (χ4v) is 3.26. The molecule has 1 aliphatic heterocycles. The maximum Gasteiger partial charge on any atom is 0.133 e. The van der Waals surface area contributed by atoms with Gasteiger partial charge in [0.05, 0.1) is 6.54 Å². The normalized spacial score (nSPS) is 19.2. The van der Waals surface area contributed by atoms with E-state index in [4.69, 9.17) is 0 Å². The van der Waals surface area contributed by atoms with E-state index < -0.39 is 0 Å². The Morgan fingerprint density at radius 1 is 1.23 bits per heavy atom. The lowest BCUT2D eigenvalue weighted by Crippen LogP contribution is -2.23. The van der Waals surface area contributed by atoms with Crippen molar-refractivity contribution in [2.24, 2.45) is 0 Å². The third kappa shape index (κ3) is 3.19. The van der Waals surface area contributed by atoms with Crippen LogP contribution in [0.1, 0.15) is 55.3 Å². The molecule has 0 radical (unpaired) electrons. The van der Waals surface area contributed by atoms with Gasteiger partial charge in [-0.1, -0.05) is 0 Å². The summed E-state index contributed by atoms with van der Waals surface area (Å²) < 4.78 is 2.25. The van der Waals surface area contributed by atoms with Gasteiger partial charge >= 0.3 is 0 Å². The standard InChI is InChI=1S/C17H25N5/c1-12(2)22-8-6-18-16(22)11-21-7-5-15(10-21)17-19-13(3)9-14(4)20-17/h6,8-9,12,15H,5,7,10-11H2,1-4H3/t15-/m1/s1. The number of nitrogens with zero attached hydrogens (tertiary/aromatic N) is 5. The molecule has 3 rings (SSSR count). The lowest BCUT2D eigenvalue weighted by Gasteiger charge is -2.18. The van der Waals surface area contributed by atoms with E-state index in [2.05, 4.69) is 44.5 Å². The Bertz CT molecular complexity index is 626. The predicted octanol–water partition coefficient (Wildman–Crippen LogP) is 2.86. The fourth-order valence-electron chi connectivity index (χ4n) is 3.26. The van der Waals surface area contributed by atoms with Crippen molar-refractivity contribution in [2.75, 3.05) is 13.1 Å². The van der Waals surface area contributed by atoms with E-state index in [1.54, 1.807) is 0 Å². The topological polar surface area (TPSA) is 46.8 Å². The van der Waals surface area contributed by atoms with Gasteiger partial charge < -0.3 is 4.57 Å². The quantitative estimate of drug-likeness (QED) is 0.871. The van der Waals surface area contributed by atoms with Gasteiger partial charge in [-0.3, -0.25) is 4.90 Å². The van der Waals surface area contributed by atoms with Crippen LogP contribution in [0.4, 0.5) is 0 Å². The minimum Gasteiger partial charge on any atom is -0.331 e. The van der Waals surface area contributed by atoms with Crippen LogP contribution in [0, 0.1) is 13.8 Å². The molecule has 0 aromatic carbocycles. The smallest absolute Gasteiger partial charge is 0.133 e. The Kier molecular flexibility index (Phi) is 4.25. The fraction of sp³-hybridized carbons (Fsp3) is 0.588. The highest BCUT2D eigenvalue weighted by atomic mass is 15.2. The van der Waals surface area contributed by atoms with Gasteiger partial charge in [0.2, 0.25) is 0 Å². The van der Waals surface area contributed by atoms with Crippen LogP contribution in [0.3, 0.4) is 0 Å². The number of aryl methyl sites for hydroxylation is 2. The molecule has 0 aliphatic carbocycles. The van der Waals surface area contributed by atoms with Crippen molar-refractivity contribution in [3.8, 4) is 0 Å². The first kappa shape index (κ1) is 15.2. The van der Waals surface area contributed by atoms with Gasteiger partial charge in [0.25, 0.3) is 0 Å². The summed E-state index contributed by atoms with van der Waals surface area (Å²) in [6.45, 7) is 11.5. The zero-order chi connectivity index (χ0) is 15.7. The summed E-state index contributed by atoms with van der Waals surface area (Å²) in [7, 11) is 0. The summed E-state index contributed by atoms with van der Waals surface area (Å²) in [4.78, 5) is 16.3. The maximum atomic E-state index is 4.63. The molecule has 0 unspecified atom stereocenters. The summed E-state index contributed by atoms with van der Waals surface area (Å²) in [5.74, 6) is 2.60. The Balaban J connectivity index is 1.68. The van der Waals surface area contributed by atoms with Crippen molar-refractivity contribution < 1.29 is 0 Å². The van der Waals surface area contributed by atoms with E-state index in [-0.39, 0.29) is 0 Å². The third-order valence-electron chi connectivity index (χ3n) is 4.31. The van der Waals surface area contributed by atoms with Gasteiger partial charge in [-0.25, -0.2) is 15.0 Å². The number of likely N-dealkylation sites (tertiary alicyclic amines) is 1. The number of rotatable bonds is 4. The average Bonchev–Trinajstić information content (AvgIpc) is 3.07. The van der Waals surface area contributed by atoms with Gasteiger partial charge in [0.1, 0.15) is 11.6 Å². The van der Waals surface area contributed by atoms with Gasteiger partial charge in [-0.05, 0) is 46.7 Å². The molecule has 118 valence electrons. The highest BCUT2D eigenvalue weighted by Crippen LogP contribution is 2.26. The van der Waals surface area contributed by atoms with Gasteiger partial charge in [-0.15, -0.1) is 0 Å². The van der Waals surface area contributed by atoms with Crippen molar-refractivity contribution in [1.82, 2.24) is 24.4 Å². The molecule has 1 fully saturated rings. The summed E-state index contributed by atoms with van der Waals surface area (Å²) in [5, 5.41) is 0. The molecule has 2 aromatic rings. The zero-order valence-corrected chi connectivity index (χ0v) is 14.0. The Hall–Kier alpha value is -1.75. The molecule has 1 aliphatic rings. The molecular formula is C17H25N5. The molecule has 0 bridgehead atoms. The second kappa shape index (κ2) is 6.16. The Labute approximate surface area is 132 Å². The lowest BCUT2D eigenvalue weighted by molar-refractivity contribution is 0.308. The van der Waals surface area contributed by atoms with Crippen LogP contribution in [0.2, 0.25) is 0 Å². The molecular weight excluding hydrogens is 274 g/mol. The van der Waals surface area contributed by atoms with Gasteiger partial charge in [0, 0.05) is 42.3 Å². The van der Waals surface area contributed by atoms with E-state index in [1.165, 1.54) is 0 Å². The molecule has 2 aromatic heterocycles. The second-order valence-electron chi connectivity index (χ2n) is 6.57. The number of hydrogen-bond acceptors (Lipinski definition) is 4. The van der Waals surface area contributed by atoms with Crippen LogP contribution in [0.25, 0.3) is 0 Å². The highest BCUT2D eigenvalue weighted by molar-refractivity contribution is 5.12. The van der Waals surface area contributed by atoms with Crippen LogP contribution in [0.5, 0.6) is 0 Å². The molecule has 0 saturated carbocycles. The minimum absolute atomic E-state index is 0.445. The van der Waals surface area contributed by atoms with Crippen molar-refractivity contribution in [3.05, 3.63) is 41.5 Å². The van der Waals surface area contributed by atoms with Crippen molar-refractivity contribution in [2.45, 2.75) is 52.6 Å². The second-order valence-corrected chi connectivity index (χ2v) is 6.57. The van der Waals surface area contributed by atoms with Crippen molar-refractivity contribution in [1.29, 1.82) is 0 Å². The van der Waals surface area contributed by atoms with Crippen LogP contribution in [0.15, 0.2) is 18.5 Å². The van der Waals surface area contributed by atoms with E-state index >= 15 is 0 Å². The lowest BCUT2D eigenvalue weighted by atomic mass is 10.1. The first-order valence-electron chi connectivity index (χ1n) is 8.09. The molecule has 0 N–H and O–H groups in total. The van der Waals surface area contributed by atoms with E-state index in [0.717, 1.165) is 49.1 Å². The largest absolute Gasteiger partial charge is 0.331 e. The maximum absolute atomic E-state index is 4.63. The van der Waals surface area contributed by atoms with E-state index in [1.807, 2.05) is 26.1 Å². The molecule has 5 nitrogen and oxygen atoms in total. The van der Waals surface area contributed by atoms with Crippen LogP contribution in [-0.2, 0) is 6.54 Å². The molecule has 1 saturated heterocycles. The van der Waals surface area contributed by atoms with E-state index in [9.17, 15) is 0 Å². The molecule has 5 heteroatoms. The highest BCUT2D eigenvalue weighted by Gasteiger charge is 2.27. The van der Waals surface area contributed by atoms with Crippen LogP contribution < -0.4 is 0 Å². The van der Waals surface area contributed by atoms with Crippen LogP contribution >= 0.6 is 0 Å². The number of imidazole rings is 1. The summed E-state index contributed by atoms with van der Waals surface area (Å²) in [6, 6.07) is 2.49. The number of hydrogen-bond donors (Lipinski definition) is 0. The SMILES string of the molecule is Cc1cc(C)nc([C@@H]2CCN(Cc3nccn3C(C)C)C2)n1. The van der Waals surface area contributed by atoms with Gasteiger partial charge in [-0.2, -0.15) is 0 Å². The first-order valence-corrected chi connectivity index (χ1v) is 8.09. The Morgan fingerprint density at radius 3 is 2.64 bits per heavy atom. The molecule has 22 heavy (non-hydrogen) atoms. The van der Waals surface area contributed by atoms with Crippen molar-refractivity contribution in [3.63, 3.8) is 0 Å². The molecule has 3 heterocycles. The zero-order valence-electron chi connectivity index (χ0n) is 14.0. The molecule has 0 amide bonds.